The molecule has 0 radical (unpaired) electrons. The third kappa shape index (κ3) is 4.06. The molecule has 1 fully saturated rings. The molecule has 3 heterocycles. The van der Waals surface area contributed by atoms with Gasteiger partial charge in [0.1, 0.15) is 11.6 Å². The Kier molecular flexibility index (Phi) is 5.63. The predicted molar refractivity (Wildman–Crippen MR) is 131 cm³/mol. The molecule has 176 valence electrons. The van der Waals surface area contributed by atoms with Crippen LogP contribution in [0.2, 0.25) is 0 Å². The van der Waals surface area contributed by atoms with Crippen molar-refractivity contribution in [2.24, 2.45) is 5.16 Å². The second-order valence-electron chi connectivity index (χ2n) is 9.38. The molecule has 1 saturated heterocycles. The molecule has 6 nitrogen and oxygen atoms in total. The Morgan fingerprint density at radius 3 is 2.68 bits per heavy atom. The fourth-order valence-electron chi connectivity index (χ4n) is 4.91. The molecule has 1 unspecified atom stereocenters. The number of hydrogen-bond acceptors (Lipinski definition) is 5. The lowest BCUT2D eigenvalue weighted by Crippen LogP contribution is -2.52. The molecular weight excluding hydrogens is 431 g/mol. The Labute approximate surface area is 199 Å². The molecule has 7 heteroatoms. The first-order valence-corrected chi connectivity index (χ1v) is 11.5. The second kappa shape index (κ2) is 8.63. The number of ether oxygens (including phenoxy) is 1. The summed E-state index contributed by atoms with van der Waals surface area (Å²) in [5.74, 6) is 1.37. The number of aromatic nitrogens is 2. The summed E-state index contributed by atoms with van der Waals surface area (Å²) < 4.78 is 21.2. The van der Waals surface area contributed by atoms with Gasteiger partial charge in [0.15, 0.2) is 11.4 Å². The maximum atomic E-state index is 13.6. The van der Waals surface area contributed by atoms with Crippen molar-refractivity contribution < 1.29 is 14.0 Å². The van der Waals surface area contributed by atoms with E-state index in [-0.39, 0.29) is 11.9 Å². The fraction of sp³-hybridized carbons (Fsp3) is 0.333. The smallest absolute Gasteiger partial charge is 0.172 e. The largest absolute Gasteiger partial charge is 0.495 e. The van der Waals surface area contributed by atoms with E-state index in [1.807, 2.05) is 55.8 Å². The standard InChI is InChI=1S/C27H29FN4O2/c1-18-16-31(17-29-18)23-12-7-19(15-24(23)33-4)14-21-6-5-13-32-25(20-8-10-22(28)11-9-20)27(2,3)34-30-26(21)32/h7-12,14-17,25H,5-6,13H2,1-4H3/b21-14+. The number of methoxy groups -OCH3 is 1. The molecule has 0 N–H and O–H groups in total. The number of nitrogens with zero attached hydrogens (tertiary/aromatic N) is 4. The molecule has 1 atom stereocenters. The van der Waals surface area contributed by atoms with Gasteiger partial charge >= 0.3 is 0 Å². The number of amidine groups is 1. The van der Waals surface area contributed by atoms with E-state index in [1.54, 1.807) is 13.4 Å². The predicted octanol–water partition coefficient (Wildman–Crippen LogP) is 5.67. The van der Waals surface area contributed by atoms with E-state index >= 15 is 0 Å². The Balaban J connectivity index is 1.50. The topological polar surface area (TPSA) is 51.9 Å². The minimum Gasteiger partial charge on any atom is -0.495 e. The SMILES string of the molecule is COc1cc(/C=C2\CCCN3C2=NOC(C)(C)C3c2ccc(F)cc2)ccc1-n1cnc(C)c1. The molecule has 0 saturated carbocycles. The lowest BCUT2D eigenvalue weighted by Gasteiger charge is -2.47. The van der Waals surface area contributed by atoms with Crippen molar-refractivity contribution in [2.45, 2.75) is 45.3 Å². The Morgan fingerprint density at radius 2 is 1.97 bits per heavy atom. The van der Waals surface area contributed by atoms with Gasteiger partial charge < -0.3 is 19.0 Å². The monoisotopic (exact) mass is 460 g/mol. The lowest BCUT2D eigenvalue weighted by molar-refractivity contribution is -0.0869. The van der Waals surface area contributed by atoms with Crippen LogP contribution in [0.4, 0.5) is 4.39 Å². The minimum absolute atomic E-state index is 0.0642. The van der Waals surface area contributed by atoms with Crippen molar-refractivity contribution >= 4 is 11.9 Å². The summed E-state index contributed by atoms with van der Waals surface area (Å²) in [6, 6.07) is 12.8. The van der Waals surface area contributed by atoms with Crippen molar-refractivity contribution in [3.63, 3.8) is 0 Å². The van der Waals surface area contributed by atoms with Crippen LogP contribution in [0.5, 0.6) is 5.75 Å². The number of benzene rings is 2. The molecule has 5 rings (SSSR count). The summed E-state index contributed by atoms with van der Waals surface area (Å²) in [7, 11) is 1.68. The summed E-state index contributed by atoms with van der Waals surface area (Å²) in [5.41, 5.74) is 4.50. The fourth-order valence-corrected chi connectivity index (χ4v) is 4.91. The van der Waals surface area contributed by atoms with Crippen molar-refractivity contribution in [2.75, 3.05) is 13.7 Å². The Hall–Kier alpha value is -3.61. The van der Waals surface area contributed by atoms with Crippen LogP contribution in [0.15, 0.2) is 65.7 Å². The first-order chi connectivity index (χ1) is 16.4. The summed E-state index contributed by atoms with van der Waals surface area (Å²) in [6.07, 6.45) is 7.82. The molecule has 2 aromatic carbocycles. The van der Waals surface area contributed by atoms with Crippen LogP contribution in [0, 0.1) is 12.7 Å². The highest BCUT2D eigenvalue weighted by molar-refractivity contribution is 6.03. The number of rotatable bonds is 4. The molecule has 34 heavy (non-hydrogen) atoms. The summed E-state index contributed by atoms with van der Waals surface area (Å²) >= 11 is 0. The normalized spacial score (nSPS) is 20.5. The third-order valence-corrected chi connectivity index (χ3v) is 6.46. The Bertz CT molecular complexity index is 1260. The first-order valence-electron chi connectivity index (χ1n) is 11.5. The van der Waals surface area contributed by atoms with E-state index in [1.165, 1.54) is 12.1 Å². The van der Waals surface area contributed by atoms with Crippen molar-refractivity contribution in [1.29, 1.82) is 0 Å². The van der Waals surface area contributed by atoms with Crippen molar-refractivity contribution in [1.82, 2.24) is 14.5 Å². The molecule has 1 aromatic heterocycles. The number of piperidine rings is 1. The Morgan fingerprint density at radius 1 is 1.18 bits per heavy atom. The number of fused-ring (bicyclic) bond motifs is 1. The zero-order valence-electron chi connectivity index (χ0n) is 20.0. The van der Waals surface area contributed by atoms with Gasteiger partial charge in [0, 0.05) is 12.7 Å². The van der Waals surface area contributed by atoms with Gasteiger partial charge in [0.2, 0.25) is 0 Å². The van der Waals surface area contributed by atoms with Crippen LogP contribution in [0.3, 0.4) is 0 Å². The first kappa shape index (κ1) is 22.2. The highest BCUT2D eigenvalue weighted by atomic mass is 19.1. The van der Waals surface area contributed by atoms with Crippen LogP contribution in [0.1, 0.15) is 49.6 Å². The van der Waals surface area contributed by atoms with Crippen LogP contribution < -0.4 is 4.74 Å². The summed E-state index contributed by atoms with van der Waals surface area (Å²) in [5, 5.41) is 4.54. The highest BCUT2D eigenvalue weighted by Crippen LogP contribution is 2.42. The lowest BCUT2D eigenvalue weighted by atomic mass is 9.87. The van der Waals surface area contributed by atoms with Crippen LogP contribution in [0.25, 0.3) is 11.8 Å². The number of hydrogen-bond donors (Lipinski definition) is 0. The quantitative estimate of drug-likeness (QED) is 0.503. The minimum atomic E-state index is -0.544. The van der Waals surface area contributed by atoms with E-state index < -0.39 is 5.60 Å². The molecule has 0 bridgehead atoms. The molecule has 3 aromatic rings. The summed E-state index contributed by atoms with van der Waals surface area (Å²) in [6.45, 7) is 6.89. The number of aryl methyl sites for hydroxylation is 1. The third-order valence-electron chi connectivity index (χ3n) is 6.46. The summed E-state index contributed by atoms with van der Waals surface area (Å²) in [4.78, 5) is 12.6. The van der Waals surface area contributed by atoms with Gasteiger partial charge in [-0.25, -0.2) is 9.37 Å². The van der Waals surface area contributed by atoms with Crippen LogP contribution >= 0.6 is 0 Å². The molecule has 0 spiro atoms. The van der Waals surface area contributed by atoms with E-state index in [9.17, 15) is 4.39 Å². The average molecular weight is 461 g/mol. The maximum Gasteiger partial charge on any atom is 0.172 e. The van der Waals surface area contributed by atoms with E-state index in [0.717, 1.165) is 59.1 Å². The molecule has 2 aliphatic heterocycles. The molecule has 0 amide bonds. The second-order valence-corrected chi connectivity index (χ2v) is 9.38. The molecule has 2 aliphatic rings. The number of oxime groups is 1. The number of halogens is 1. The molecular formula is C27H29FN4O2. The van der Waals surface area contributed by atoms with Crippen LogP contribution in [-0.2, 0) is 4.84 Å². The zero-order chi connectivity index (χ0) is 23.9. The zero-order valence-corrected chi connectivity index (χ0v) is 20.0. The average Bonchev–Trinajstić information content (AvgIpc) is 3.25. The van der Waals surface area contributed by atoms with Crippen molar-refractivity contribution in [3.05, 3.63) is 83.2 Å². The van der Waals surface area contributed by atoms with Gasteiger partial charge in [-0.2, -0.15) is 0 Å². The van der Waals surface area contributed by atoms with Gasteiger partial charge in [-0.05, 0) is 80.7 Å². The van der Waals surface area contributed by atoms with Gasteiger partial charge in [0.05, 0.1) is 30.9 Å². The van der Waals surface area contributed by atoms with E-state index in [2.05, 4.69) is 27.2 Å². The van der Waals surface area contributed by atoms with Gasteiger partial charge in [-0.3, -0.25) is 0 Å². The molecule has 0 aliphatic carbocycles. The van der Waals surface area contributed by atoms with Gasteiger partial charge in [-0.1, -0.05) is 23.4 Å². The van der Waals surface area contributed by atoms with Crippen LogP contribution in [-0.4, -0.2) is 39.5 Å². The van der Waals surface area contributed by atoms with Gasteiger partial charge in [0.25, 0.3) is 0 Å². The number of imidazole rings is 1. The van der Waals surface area contributed by atoms with Gasteiger partial charge in [-0.15, -0.1) is 0 Å². The highest BCUT2D eigenvalue weighted by Gasteiger charge is 2.44. The van der Waals surface area contributed by atoms with E-state index in [0.29, 0.717) is 0 Å². The van der Waals surface area contributed by atoms with Crippen molar-refractivity contribution in [3.8, 4) is 11.4 Å². The maximum absolute atomic E-state index is 13.6. The van der Waals surface area contributed by atoms with E-state index in [4.69, 9.17) is 9.57 Å².